The van der Waals surface area contributed by atoms with Crippen molar-refractivity contribution in [3.63, 3.8) is 0 Å². The number of nitrogens with two attached hydrogens (primary N) is 2. The first-order valence-electron chi connectivity index (χ1n) is 5.66. The van der Waals surface area contributed by atoms with Crippen LogP contribution >= 0.6 is 0 Å². The van der Waals surface area contributed by atoms with E-state index in [9.17, 15) is 0 Å². The number of hydrogen-bond acceptors (Lipinski definition) is 4. The molecule has 7 heteroatoms. The van der Waals surface area contributed by atoms with E-state index in [-0.39, 0.29) is 11.9 Å². The summed E-state index contributed by atoms with van der Waals surface area (Å²) in [5.74, 6) is 0.805. The number of ether oxygens (including phenoxy) is 2. The molecule has 0 aliphatic rings. The Labute approximate surface area is 112 Å². The van der Waals surface area contributed by atoms with Crippen LogP contribution < -0.4 is 20.9 Å². The summed E-state index contributed by atoms with van der Waals surface area (Å²) in [6.45, 7) is 0.361. The van der Waals surface area contributed by atoms with Crippen LogP contribution in [0.3, 0.4) is 0 Å². The Balaban J connectivity index is 2.77. The smallest absolute Gasteiger partial charge is 0.195 e. The molecule has 104 valence electrons. The van der Waals surface area contributed by atoms with E-state index >= 15 is 0 Å². The Kier molecular flexibility index (Phi) is 4.99. The Hall–Kier alpha value is -2.44. The van der Waals surface area contributed by atoms with Crippen LogP contribution in [0.15, 0.2) is 18.2 Å². The molecule has 0 amide bonds. The van der Waals surface area contributed by atoms with Gasteiger partial charge in [-0.2, -0.15) is 0 Å². The Bertz CT molecular complexity index is 461. The Morgan fingerprint density at radius 2 is 1.68 bits per heavy atom. The molecule has 0 aliphatic heterocycles. The first-order valence-corrected chi connectivity index (χ1v) is 5.66. The minimum Gasteiger partial charge on any atom is -0.493 e. The fourth-order valence-corrected chi connectivity index (χ4v) is 1.65. The van der Waals surface area contributed by atoms with Crippen molar-refractivity contribution >= 4 is 11.9 Å². The summed E-state index contributed by atoms with van der Waals surface area (Å²) < 4.78 is 10.4. The largest absolute Gasteiger partial charge is 0.493 e. The Morgan fingerprint density at radius 1 is 1.11 bits per heavy atom. The summed E-state index contributed by atoms with van der Waals surface area (Å²) in [6, 6.07) is 5.54. The van der Waals surface area contributed by atoms with Crippen molar-refractivity contribution in [2.24, 2.45) is 11.5 Å². The maximum absolute atomic E-state index is 7.33. The summed E-state index contributed by atoms with van der Waals surface area (Å²) in [7, 11) is 3.14. The number of nitrogens with one attached hydrogen (secondary N) is 2. The van der Waals surface area contributed by atoms with Gasteiger partial charge < -0.3 is 20.9 Å². The molecule has 19 heavy (non-hydrogen) atoms. The molecule has 0 unspecified atom stereocenters. The molecule has 7 nitrogen and oxygen atoms in total. The quantitative estimate of drug-likeness (QED) is 0.451. The van der Waals surface area contributed by atoms with Crippen molar-refractivity contribution in [2.75, 3.05) is 20.8 Å². The van der Waals surface area contributed by atoms with Crippen LogP contribution in [0, 0.1) is 10.8 Å². The van der Waals surface area contributed by atoms with Crippen LogP contribution in [0.25, 0.3) is 0 Å². The average molecular weight is 265 g/mol. The second-order valence-corrected chi connectivity index (χ2v) is 3.86. The van der Waals surface area contributed by atoms with Crippen molar-refractivity contribution < 1.29 is 9.47 Å². The molecule has 0 aromatic heterocycles. The van der Waals surface area contributed by atoms with Gasteiger partial charge in [0.1, 0.15) is 0 Å². The number of rotatable bonds is 5. The fraction of sp³-hybridized carbons (Fsp3) is 0.333. The van der Waals surface area contributed by atoms with Gasteiger partial charge in [0.15, 0.2) is 23.4 Å². The van der Waals surface area contributed by atoms with Crippen LogP contribution in [0.1, 0.15) is 5.56 Å². The third kappa shape index (κ3) is 3.77. The number of methoxy groups -OCH3 is 2. The van der Waals surface area contributed by atoms with Crippen LogP contribution in [-0.4, -0.2) is 37.6 Å². The summed E-state index contributed by atoms with van der Waals surface area (Å²) >= 11 is 0. The van der Waals surface area contributed by atoms with E-state index in [1.54, 1.807) is 20.3 Å². The maximum Gasteiger partial charge on any atom is 0.195 e. The summed E-state index contributed by atoms with van der Waals surface area (Å²) in [5, 5.41) is 14.7. The van der Waals surface area contributed by atoms with Gasteiger partial charge in [0, 0.05) is 6.54 Å². The predicted molar refractivity (Wildman–Crippen MR) is 73.8 cm³/mol. The highest BCUT2D eigenvalue weighted by Crippen LogP contribution is 2.27. The summed E-state index contributed by atoms with van der Waals surface area (Å²) in [6.07, 6.45) is 0.583. The van der Waals surface area contributed by atoms with E-state index in [0.717, 1.165) is 5.56 Å². The zero-order chi connectivity index (χ0) is 14.4. The van der Waals surface area contributed by atoms with Crippen LogP contribution in [0.4, 0.5) is 0 Å². The molecule has 0 fully saturated rings. The van der Waals surface area contributed by atoms with Gasteiger partial charge in [0.05, 0.1) is 14.2 Å². The molecule has 0 spiro atoms. The van der Waals surface area contributed by atoms with E-state index < -0.39 is 0 Å². The van der Waals surface area contributed by atoms with E-state index in [0.29, 0.717) is 24.5 Å². The molecular formula is C12H19N5O2. The molecule has 0 radical (unpaired) electrons. The Morgan fingerprint density at radius 3 is 2.16 bits per heavy atom. The van der Waals surface area contributed by atoms with Crippen molar-refractivity contribution in [1.29, 1.82) is 10.8 Å². The molecule has 1 aromatic carbocycles. The molecule has 0 bridgehead atoms. The molecule has 1 rings (SSSR count). The zero-order valence-electron chi connectivity index (χ0n) is 11.1. The average Bonchev–Trinajstić information content (AvgIpc) is 2.37. The van der Waals surface area contributed by atoms with Crippen molar-refractivity contribution in [3.05, 3.63) is 23.8 Å². The lowest BCUT2D eigenvalue weighted by Gasteiger charge is -2.20. The molecular weight excluding hydrogens is 246 g/mol. The van der Waals surface area contributed by atoms with Crippen molar-refractivity contribution in [1.82, 2.24) is 4.90 Å². The highest BCUT2D eigenvalue weighted by atomic mass is 16.5. The van der Waals surface area contributed by atoms with E-state index in [4.69, 9.17) is 31.8 Å². The molecule has 0 heterocycles. The van der Waals surface area contributed by atoms with E-state index in [2.05, 4.69) is 0 Å². The van der Waals surface area contributed by atoms with Crippen LogP contribution in [0.5, 0.6) is 11.5 Å². The second-order valence-electron chi connectivity index (χ2n) is 3.86. The lowest BCUT2D eigenvalue weighted by atomic mass is 10.1. The maximum atomic E-state index is 7.33. The second kappa shape index (κ2) is 6.48. The van der Waals surface area contributed by atoms with Gasteiger partial charge in [0.25, 0.3) is 0 Å². The molecule has 0 atom stereocenters. The normalized spacial score (nSPS) is 9.79. The number of benzene rings is 1. The van der Waals surface area contributed by atoms with Gasteiger partial charge >= 0.3 is 0 Å². The minimum atomic E-state index is -0.243. The summed E-state index contributed by atoms with van der Waals surface area (Å²) in [5.41, 5.74) is 11.7. The minimum absolute atomic E-state index is 0.243. The fourth-order valence-electron chi connectivity index (χ4n) is 1.65. The molecule has 0 saturated heterocycles. The highest BCUT2D eigenvalue weighted by Gasteiger charge is 2.11. The highest BCUT2D eigenvalue weighted by molar-refractivity contribution is 5.94. The van der Waals surface area contributed by atoms with Gasteiger partial charge in [-0.3, -0.25) is 15.7 Å². The van der Waals surface area contributed by atoms with Crippen molar-refractivity contribution in [2.45, 2.75) is 6.42 Å². The van der Waals surface area contributed by atoms with E-state index in [1.165, 1.54) is 4.90 Å². The lowest BCUT2D eigenvalue weighted by Crippen LogP contribution is -2.45. The molecule has 0 saturated carbocycles. The topological polar surface area (TPSA) is 121 Å². The van der Waals surface area contributed by atoms with Gasteiger partial charge in [-0.25, -0.2) is 0 Å². The molecule has 0 aliphatic carbocycles. The zero-order valence-corrected chi connectivity index (χ0v) is 11.1. The van der Waals surface area contributed by atoms with Gasteiger partial charge in [-0.05, 0) is 24.1 Å². The summed E-state index contributed by atoms with van der Waals surface area (Å²) in [4.78, 5) is 1.22. The van der Waals surface area contributed by atoms with Crippen molar-refractivity contribution in [3.8, 4) is 11.5 Å². The third-order valence-corrected chi connectivity index (χ3v) is 2.65. The number of nitrogens with zero attached hydrogens (tertiary/aromatic N) is 1. The number of guanidine groups is 2. The first kappa shape index (κ1) is 14.6. The monoisotopic (exact) mass is 265 g/mol. The van der Waals surface area contributed by atoms with Gasteiger partial charge in [0.2, 0.25) is 0 Å². The van der Waals surface area contributed by atoms with Gasteiger partial charge in [-0.1, -0.05) is 6.07 Å². The van der Waals surface area contributed by atoms with Crippen LogP contribution in [0.2, 0.25) is 0 Å². The van der Waals surface area contributed by atoms with E-state index in [1.807, 2.05) is 12.1 Å². The SMILES string of the molecule is COc1ccc(CCN(C(=N)N)C(=N)N)cc1OC. The predicted octanol–water partition coefficient (Wildman–Crippen LogP) is 0.335. The molecule has 1 aromatic rings. The number of hydrogen-bond donors (Lipinski definition) is 4. The first-order chi connectivity index (χ1) is 8.99. The third-order valence-electron chi connectivity index (χ3n) is 2.65. The molecule has 6 N–H and O–H groups in total. The van der Waals surface area contributed by atoms with Crippen LogP contribution in [-0.2, 0) is 6.42 Å². The van der Waals surface area contributed by atoms with Gasteiger partial charge in [-0.15, -0.1) is 0 Å². The standard InChI is InChI=1S/C12H19N5O2/c1-18-9-4-3-8(7-10(9)19-2)5-6-17(11(13)14)12(15)16/h3-4,7H,5-6H2,1-2H3,(H3,13,14)(H3,15,16). The lowest BCUT2D eigenvalue weighted by molar-refractivity contribution is 0.354.